The summed E-state index contributed by atoms with van der Waals surface area (Å²) in [6.45, 7) is 5.57. The van der Waals surface area contributed by atoms with Gasteiger partial charge in [0, 0.05) is 12.2 Å². The molecule has 0 aliphatic carbocycles. The number of rotatable bonds is 6. The van der Waals surface area contributed by atoms with Gasteiger partial charge in [-0.2, -0.15) is 0 Å². The van der Waals surface area contributed by atoms with Crippen LogP contribution >= 0.6 is 0 Å². The van der Waals surface area contributed by atoms with Crippen molar-refractivity contribution in [2.75, 3.05) is 18.8 Å². The standard InChI is InChI=1S/C14H20N4O2/c1-9(2)6-18(7-13(16)19)8-14-17-11-5-10(15)3-4-12(11)20-14/h3-5,9H,6-8,15H2,1-2H3,(H2,16,19). The topological polar surface area (TPSA) is 98.4 Å². The van der Waals surface area contributed by atoms with E-state index in [0.29, 0.717) is 29.6 Å². The molecule has 2 aromatic rings. The molecule has 0 aliphatic heterocycles. The Bertz CT molecular complexity index is 606. The van der Waals surface area contributed by atoms with Crippen LogP contribution in [0.2, 0.25) is 0 Å². The van der Waals surface area contributed by atoms with Gasteiger partial charge in [0.25, 0.3) is 0 Å². The number of primary amides is 1. The second kappa shape index (κ2) is 5.92. The first-order valence-corrected chi connectivity index (χ1v) is 6.59. The molecule has 1 amide bonds. The molecule has 0 unspecified atom stereocenters. The molecule has 1 aromatic heterocycles. The third-order valence-electron chi connectivity index (χ3n) is 2.82. The van der Waals surface area contributed by atoms with Crippen molar-refractivity contribution in [3.05, 3.63) is 24.1 Å². The number of nitrogens with two attached hydrogens (primary N) is 2. The minimum Gasteiger partial charge on any atom is -0.439 e. The van der Waals surface area contributed by atoms with Gasteiger partial charge in [0.1, 0.15) is 5.52 Å². The van der Waals surface area contributed by atoms with E-state index in [1.165, 1.54) is 0 Å². The molecule has 0 bridgehead atoms. The summed E-state index contributed by atoms with van der Waals surface area (Å²) in [7, 11) is 0. The molecule has 20 heavy (non-hydrogen) atoms. The van der Waals surface area contributed by atoms with E-state index in [-0.39, 0.29) is 12.5 Å². The number of amides is 1. The average molecular weight is 276 g/mol. The lowest BCUT2D eigenvalue weighted by Crippen LogP contribution is -2.35. The summed E-state index contributed by atoms with van der Waals surface area (Å²) in [6, 6.07) is 5.33. The lowest BCUT2D eigenvalue weighted by atomic mass is 10.2. The van der Waals surface area contributed by atoms with Crippen molar-refractivity contribution in [2.24, 2.45) is 11.7 Å². The number of oxazole rings is 1. The van der Waals surface area contributed by atoms with E-state index in [2.05, 4.69) is 18.8 Å². The van der Waals surface area contributed by atoms with Crippen molar-refractivity contribution >= 4 is 22.7 Å². The van der Waals surface area contributed by atoms with Gasteiger partial charge >= 0.3 is 0 Å². The molecule has 108 valence electrons. The van der Waals surface area contributed by atoms with E-state index in [9.17, 15) is 4.79 Å². The molecule has 0 fully saturated rings. The summed E-state index contributed by atoms with van der Waals surface area (Å²) < 4.78 is 5.66. The van der Waals surface area contributed by atoms with Crippen LogP contribution in [0.3, 0.4) is 0 Å². The molecule has 0 atom stereocenters. The maximum atomic E-state index is 11.1. The molecule has 1 aromatic carbocycles. The molecule has 6 nitrogen and oxygen atoms in total. The molecule has 0 radical (unpaired) electrons. The van der Waals surface area contributed by atoms with Crippen LogP contribution in [0.25, 0.3) is 11.1 Å². The van der Waals surface area contributed by atoms with Crippen LogP contribution in [-0.2, 0) is 11.3 Å². The quantitative estimate of drug-likeness (QED) is 0.776. The molecule has 0 spiro atoms. The highest BCUT2D eigenvalue weighted by Crippen LogP contribution is 2.19. The van der Waals surface area contributed by atoms with E-state index in [1.54, 1.807) is 18.2 Å². The number of fused-ring (bicyclic) bond motifs is 1. The Morgan fingerprint density at radius 3 is 2.85 bits per heavy atom. The number of benzene rings is 1. The Morgan fingerprint density at radius 2 is 2.20 bits per heavy atom. The molecule has 0 aliphatic rings. The van der Waals surface area contributed by atoms with Gasteiger partial charge in [-0.05, 0) is 24.1 Å². The fourth-order valence-corrected chi connectivity index (χ4v) is 2.17. The highest BCUT2D eigenvalue weighted by atomic mass is 16.3. The monoisotopic (exact) mass is 276 g/mol. The van der Waals surface area contributed by atoms with Crippen LogP contribution in [0.4, 0.5) is 5.69 Å². The van der Waals surface area contributed by atoms with Gasteiger partial charge in [-0.1, -0.05) is 13.8 Å². The number of nitrogen functional groups attached to an aromatic ring is 1. The van der Waals surface area contributed by atoms with Crippen molar-refractivity contribution in [1.29, 1.82) is 0 Å². The van der Waals surface area contributed by atoms with Gasteiger partial charge in [-0.3, -0.25) is 9.69 Å². The second-order valence-corrected chi connectivity index (χ2v) is 5.36. The van der Waals surface area contributed by atoms with Gasteiger partial charge in [-0.25, -0.2) is 4.98 Å². The van der Waals surface area contributed by atoms with Gasteiger partial charge in [0.15, 0.2) is 5.58 Å². The number of hydrogen-bond donors (Lipinski definition) is 2. The van der Waals surface area contributed by atoms with Crippen LogP contribution in [0.15, 0.2) is 22.6 Å². The highest BCUT2D eigenvalue weighted by Gasteiger charge is 2.14. The summed E-state index contributed by atoms with van der Waals surface area (Å²) in [6.07, 6.45) is 0. The normalized spacial score (nSPS) is 11.6. The minimum atomic E-state index is -0.356. The Labute approximate surface area is 117 Å². The zero-order valence-corrected chi connectivity index (χ0v) is 11.8. The van der Waals surface area contributed by atoms with Gasteiger partial charge in [-0.15, -0.1) is 0 Å². The maximum absolute atomic E-state index is 11.1. The Balaban J connectivity index is 2.16. The van der Waals surface area contributed by atoms with E-state index in [0.717, 1.165) is 12.1 Å². The van der Waals surface area contributed by atoms with Gasteiger partial charge in [0.05, 0.1) is 13.1 Å². The lowest BCUT2D eigenvalue weighted by Gasteiger charge is -2.20. The Hall–Kier alpha value is -2.08. The molecule has 2 rings (SSSR count). The van der Waals surface area contributed by atoms with Crippen molar-refractivity contribution in [1.82, 2.24) is 9.88 Å². The molecule has 4 N–H and O–H groups in total. The number of carbonyl (C=O) groups excluding carboxylic acids is 1. The average Bonchev–Trinajstić information content (AvgIpc) is 2.68. The first-order valence-electron chi connectivity index (χ1n) is 6.59. The predicted molar refractivity (Wildman–Crippen MR) is 77.7 cm³/mol. The van der Waals surface area contributed by atoms with Gasteiger partial charge in [0.2, 0.25) is 11.8 Å². The molecular formula is C14H20N4O2. The maximum Gasteiger partial charge on any atom is 0.231 e. The van der Waals surface area contributed by atoms with E-state index in [1.807, 2.05) is 4.90 Å². The van der Waals surface area contributed by atoms with Crippen LogP contribution in [0.1, 0.15) is 19.7 Å². The van der Waals surface area contributed by atoms with E-state index < -0.39 is 0 Å². The second-order valence-electron chi connectivity index (χ2n) is 5.36. The number of hydrogen-bond acceptors (Lipinski definition) is 5. The Kier molecular flexibility index (Phi) is 4.24. The molecular weight excluding hydrogens is 256 g/mol. The predicted octanol–water partition coefficient (Wildman–Crippen LogP) is 1.35. The van der Waals surface area contributed by atoms with Crippen LogP contribution in [0, 0.1) is 5.92 Å². The summed E-state index contributed by atoms with van der Waals surface area (Å²) >= 11 is 0. The lowest BCUT2D eigenvalue weighted by molar-refractivity contribution is -0.119. The fraction of sp³-hybridized carbons (Fsp3) is 0.429. The van der Waals surface area contributed by atoms with E-state index in [4.69, 9.17) is 15.9 Å². The number of aromatic nitrogens is 1. The van der Waals surface area contributed by atoms with Crippen LogP contribution in [-0.4, -0.2) is 28.9 Å². The first kappa shape index (κ1) is 14.3. The fourth-order valence-electron chi connectivity index (χ4n) is 2.17. The summed E-state index contributed by atoms with van der Waals surface area (Å²) in [5, 5.41) is 0. The highest BCUT2D eigenvalue weighted by molar-refractivity contribution is 5.77. The van der Waals surface area contributed by atoms with Crippen LogP contribution in [0.5, 0.6) is 0 Å². The van der Waals surface area contributed by atoms with Crippen molar-refractivity contribution < 1.29 is 9.21 Å². The number of anilines is 1. The van der Waals surface area contributed by atoms with Crippen molar-refractivity contribution in [2.45, 2.75) is 20.4 Å². The largest absolute Gasteiger partial charge is 0.439 e. The number of carbonyl (C=O) groups is 1. The van der Waals surface area contributed by atoms with Crippen molar-refractivity contribution in [3.8, 4) is 0 Å². The third kappa shape index (κ3) is 3.71. The number of nitrogens with zero attached hydrogens (tertiary/aromatic N) is 2. The summed E-state index contributed by atoms with van der Waals surface area (Å²) in [5.41, 5.74) is 13.0. The summed E-state index contributed by atoms with van der Waals surface area (Å²) in [5.74, 6) is 0.632. The summed E-state index contributed by atoms with van der Waals surface area (Å²) in [4.78, 5) is 17.4. The van der Waals surface area contributed by atoms with E-state index >= 15 is 0 Å². The smallest absolute Gasteiger partial charge is 0.231 e. The Morgan fingerprint density at radius 1 is 1.45 bits per heavy atom. The first-order chi connectivity index (χ1) is 9.44. The molecule has 0 saturated carbocycles. The molecule has 1 heterocycles. The van der Waals surface area contributed by atoms with Crippen LogP contribution < -0.4 is 11.5 Å². The zero-order chi connectivity index (χ0) is 14.7. The third-order valence-corrected chi connectivity index (χ3v) is 2.82. The SMILES string of the molecule is CC(C)CN(CC(N)=O)Cc1nc2cc(N)ccc2o1. The minimum absolute atomic E-state index is 0.193. The molecule has 0 saturated heterocycles. The molecule has 6 heteroatoms. The van der Waals surface area contributed by atoms with Crippen molar-refractivity contribution in [3.63, 3.8) is 0 Å². The van der Waals surface area contributed by atoms with Gasteiger partial charge < -0.3 is 15.9 Å². The zero-order valence-electron chi connectivity index (χ0n) is 11.8.